The number of nitro benzene ring substituents is 1. The Balaban J connectivity index is 2.14. The summed E-state index contributed by atoms with van der Waals surface area (Å²) in [6, 6.07) is 14.5. The lowest BCUT2D eigenvalue weighted by molar-refractivity contribution is -0.384. The maximum absolute atomic E-state index is 10.7. The number of aliphatic imine (C=N–C) groups is 1. The summed E-state index contributed by atoms with van der Waals surface area (Å²) in [5, 5.41) is 10.7. The van der Waals surface area contributed by atoms with Gasteiger partial charge in [0.15, 0.2) is 0 Å². The number of nitrogens with zero attached hydrogens (tertiary/aromatic N) is 2. The fourth-order valence-electron chi connectivity index (χ4n) is 1.99. The molecule has 2 aromatic rings. The second-order valence-electron chi connectivity index (χ2n) is 5.01. The molecule has 0 N–H and O–H groups in total. The highest BCUT2D eigenvalue weighted by atomic mass is 16.6. The Bertz CT molecular complexity index is 648. The van der Waals surface area contributed by atoms with Gasteiger partial charge in [-0.25, -0.2) is 0 Å². The van der Waals surface area contributed by atoms with Gasteiger partial charge in [0.05, 0.1) is 10.6 Å². The smallest absolute Gasteiger partial charge is 0.258 e. The molecule has 4 nitrogen and oxygen atoms in total. The first-order valence-electron chi connectivity index (χ1n) is 6.98. The summed E-state index contributed by atoms with van der Waals surface area (Å²) in [7, 11) is 0. The molecular weight excluding hydrogens is 264 g/mol. The lowest BCUT2D eigenvalue weighted by atomic mass is 9.99. The molecule has 0 aliphatic carbocycles. The van der Waals surface area contributed by atoms with Gasteiger partial charge in [0.25, 0.3) is 5.69 Å². The number of non-ortho nitro benzene ring substituents is 1. The number of hydrogen-bond acceptors (Lipinski definition) is 3. The van der Waals surface area contributed by atoms with Crippen LogP contribution in [0.1, 0.15) is 37.3 Å². The van der Waals surface area contributed by atoms with Crippen LogP contribution in [-0.4, -0.2) is 11.1 Å². The summed E-state index contributed by atoms with van der Waals surface area (Å²) >= 11 is 0. The van der Waals surface area contributed by atoms with Crippen molar-refractivity contribution in [1.82, 2.24) is 0 Å². The number of rotatable bonds is 5. The van der Waals surface area contributed by atoms with Crippen LogP contribution in [-0.2, 0) is 0 Å². The quantitative estimate of drug-likeness (QED) is 0.447. The number of hydrogen-bond donors (Lipinski definition) is 0. The van der Waals surface area contributed by atoms with E-state index in [0.717, 1.165) is 17.7 Å². The average Bonchev–Trinajstić information content (AvgIpc) is 2.53. The molecule has 1 unspecified atom stereocenters. The summed E-state index contributed by atoms with van der Waals surface area (Å²) in [6.07, 6.45) is 2.75. The predicted octanol–water partition coefficient (Wildman–Crippen LogP) is 4.86. The second kappa shape index (κ2) is 6.79. The van der Waals surface area contributed by atoms with Crippen LogP contribution in [0.2, 0.25) is 0 Å². The van der Waals surface area contributed by atoms with Crippen LogP contribution in [0.25, 0.3) is 0 Å². The van der Waals surface area contributed by atoms with Crippen molar-refractivity contribution >= 4 is 17.6 Å². The van der Waals surface area contributed by atoms with Crippen molar-refractivity contribution in [2.24, 2.45) is 4.99 Å². The highest BCUT2D eigenvalue weighted by molar-refractivity contribution is 5.82. The zero-order valence-corrected chi connectivity index (χ0v) is 12.2. The maximum Gasteiger partial charge on any atom is 0.270 e. The fourth-order valence-corrected chi connectivity index (χ4v) is 1.99. The van der Waals surface area contributed by atoms with Gasteiger partial charge < -0.3 is 0 Å². The molecule has 0 fully saturated rings. The van der Waals surface area contributed by atoms with E-state index in [1.165, 1.54) is 17.7 Å². The molecule has 0 saturated carbocycles. The minimum absolute atomic E-state index is 0.0751. The van der Waals surface area contributed by atoms with E-state index in [2.05, 4.69) is 31.0 Å². The first-order chi connectivity index (χ1) is 10.1. The van der Waals surface area contributed by atoms with E-state index in [9.17, 15) is 10.1 Å². The molecule has 0 spiro atoms. The molecule has 4 heteroatoms. The van der Waals surface area contributed by atoms with E-state index in [1.807, 2.05) is 12.1 Å². The molecule has 0 amide bonds. The van der Waals surface area contributed by atoms with Crippen LogP contribution < -0.4 is 0 Å². The van der Waals surface area contributed by atoms with Crippen molar-refractivity contribution in [3.8, 4) is 0 Å². The molecule has 108 valence electrons. The molecule has 21 heavy (non-hydrogen) atoms. The summed E-state index contributed by atoms with van der Waals surface area (Å²) in [4.78, 5) is 14.7. The van der Waals surface area contributed by atoms with Gasteiger partial charge in [-0.05, 0) is 35.6 Å². The van der Waals surface area contributed by atoms with E-state index in [4.69, 9.17) is 0 Å². The van der Waals surface area contributed by atoms with E-state index in [0.29, 0.717) is 5.92 Å². The standard InChI is InChI=1S/C17H18N2O2/c1-3-13(2)15-7-9-16(10-8-15)18-12-14-5-4-6-17(11-14)19(20)21/h4-13H,3H2,1-2H3. The van der Waals surface area contributed by atoms with Crippen LogP contribution in [0.15, 0.2) is 53.5 Å². The lowest BCUT2D eigenvalue weighted by Gasteiger charge is -2.08. The molecule has 1 atom stereocenters. The Morgan fingerprint density at radius 3 is 2.57 bits per heavy atom. The molecule has 2 rings (SSSR count). The molecule has 0 aliphatic rings. The van der Waals surface area contributed by atoms with Gasteiger partial charge in [-0.15, -0.1) is 0 Å². The molecular formula is C17H18N2O2. The summed E-state index contributed by atoms with van der Waals surface area (Å²) < 4.78 is 0. The van der Waals surface area contributed by atoms with E-state index >= 15 is 0 Å². The SMILES string of the molecule is CCC(C)c1ccc(N=Cc2cccc([N+](=O)[O-])c2)cc1. The summed E-state index contributed by atoms with van der Waals surface area (Å²) in [5.74, 6) is 0.541. The maximum atomic E-state index is 10.7. The first-order valence-corrected chi connectivity index (χ1v) is 6.98. The lowest BCUT2D eigenvalue weighted by Crippen LogP contribution is -1.90. The molecule has 0 radical (unpaired) electrons. The Labute approximate surface area is 124 Å². The fraction of sp³-hybridized carbons (Fsp3) is 0.235. The van der Waals surface area contributed by atoms with Gasteiger partial charge in [-0.3, -0.25) is 15.1 Å². The third-order valence-electron chi connectivity index (χ3n) is 3.52. The summed E-state index contributed by atoms with van der Waals surface area (Å²) in [6.45, 7) is 4.36. The Hall–Kier alpha value is -2.49. The Morgan fingerprint density at radius 1 is 1.24 bits per heavy atom. The van der Waals surface area contributed by atoms with E-state index in [-0.39, 0.29) is 5.69 Å². The largest absolute Gasteiger partial charge is 0.270 e. The third-order valence-corrected chi connectivity index (χ3v) is 3.52. The number of benzene rings is 2. The first kappa shape index (κ1) is 14.9. The second-order valence-corrected chi connectivity index (χ2v) is 5.01. The topological polar surface area (TPSA) is 55.5 Å². The number of nitro groups is 1. The molecule has 0 aromatic heterocycles. The molecule has 0 saturated heterocycles. The Kier molecular flexibility index (Phi) is 4.82. The van der Waals surface area contributed by atoms with Crippen LogP contribution in [0.3, 0.4) is 0 Å². The van der Waals surface area contributed by atoms with Gasteiger partial charge in [0.2, 0.25) is 0 Å². The molecule has 0 aliphatic heterocycles. The minimum atomic E-state index is -0.404. The highest BCUT2D eigenvalue weighted by Gasteiger charge is 2.04. The summed E-state index contributed by atoms with van der Waals surface area (Å²) in [5.41, 5.74) is 2.93. The predicted molar refractivity (Wildman–Crippen MR) is 85.5 cm³/mol. The van der Waals surface area contributed by atoms with Crippen molar-refractivity contribution in [3.05, 3.63) is 69.8 Å². The van der Waals surface area contributed by atoms with Crippen LogP contribution in [0.4, 0.5) is 11.4 Å². The van der Waals surface area contributed by atoms with E-state index in [1.54, 1.807) is 18.3 Å². The molecule has 0 bridgehead atoms. The average molecular weight is 282 g/mol. The van der Waals surface area contributed by atoms with Gasteiger partial charge in [-0.1, -0.05) is 38.1 Å². The van der Waals surface area contributed by atoms with Crippen LogP contribution in [0, 0.1) is 10.1 Å². The normalized spacial score (nSPS) is 12.5. The van der Waals surface area contributed by atoms with E-state index < -0.39 is 4.92 Å². The Morgan fingerprint density at radius 2 is 1.95 bits per heavy atom. The van der Waals surface area contributed by atoms with Crippen molar-refractivity contribution < 1.29 is 4.92 Å². The van der Waals surface area contributed by atoms with Gasteiger partial charge in [0.1, 0.15) is 0 Å². The van der Waals surface area contributed by atoms with Gasteiger partial charge in [-0.2, -0.15) is 0 Å². The van der Waals surface area contributed by atoms with Crippen molar-refractivity contribution in [2.45, 2.75) is 26.2 Å². The zero-order valence-electron chi connectivity index (χ0n) is 12.2. The van der Waals surface area contributed by atoms with Crippen molar-refractivity contribution in [2.75, 3.05) is 0 Å². The highest BCUT2D eigenvalue weighted by Crippen LogP contribution is 2.22. The van der Waals surface area contributed by atoms with Crippen molar-refractivity contribution in [1.29, 1.82) is 0 Å². The zero-order chi connectivity index (χ0) is 15.2. The van der Waals surface area contributed by atoms with Gasteiger partial charge in [0, 0.05) is 18.3 Å². The molecule has 2 aromatic carbocycles. The molecule has 0 heterocycles. The minimum Gasteiger partial charge on any atom is -0.258 e. The van der Waals surface area contributed by atoms with Gasteiger partial charge >= 0.3 is 0 Å². The monoisotopic (exact) mass is 282 g/mol. The third kappa shape index (κ3) is 3.99. The van der Waals surface area contributed by atoms with Crippen molar-refractivity contribution in [3.63, 3.8) is 0 Å². The van der Waals surface area contributed by atoms with Crippen LogP contribution >= 0.6 is 0 Å². The van der Waals surface area contributed by atoms with Crippen LogP contribution in [0.5, 0.6) is 0 Å².